The molecule has 3 heteroatoms. The molecule has 0 radical (unpaired) electrons. The van der Waals surface area contributed by atoms with Crippen molar-refractivity contribution >= 4 is 0 Å². The van der Waals surface area contributed by atoms with Crippen LogP contribution in [0, 0.1) is 0 Å². The first-order valence-corrected chi connectivity index (χ1v) is 8.23. The highest BCUT2D eigenvalue weighted by Crippen LogP contribution is 2.31. The molecule has 0 aromatic rings. The second-order valence-corrected chi connectivity index (χ2v) is 5.90. The molecule has 0 amide bonds. The number of rotatable bonds is 12. The van der Waals surface area contributed by atoms with Crippen LogP contribution in [0.4, 0.5) is 0 Å². The molecule has 0 spiro atoms. The van der Waals surface area contributed by atoms with E-state index in [0.29, 0.717) is 24.4 Å². The summed E-state index contributed by atoms with van der Waals surface area (Å²) in [7, 11) is 0. The van der Waals surface area contributed by atoms with Gasteiger partial charge in [0.05, 0.1) is 24.4 Å². The molecule has 19 heavy (non-hydrogen) atoms. The highest BCUT2D eigenvalue weighted by atomic mass is 16.6. The van der Waals surface area contributed by atoms with Crippen molar-refractivity contribution in [2.45, 2.75) is 89.6 Å². The minimum Gasteiger partial charge on any atom is -0.381 e. The molecular weight excluding hydrogens is 240 g/mol. The Hall–Kier alpha value is -0.120. The van der Waals surface area contributed by atoms with Crippen molar-refractivity contribution in [2.24, 2.45) is 0 Å². The zero-order valence-corrected chi connectivity index (χ0v) is 12.6. The third kappa shape index (κ3) is 5.80. The van der Waals surface area contributed by atoms with Crippen molar-refractivity contribution in [1.29, 1.82) is 0 Å². The van der Waals surface area contributed by atoms with Crippen LogP contribution in [0.3, 0.4) is 0 Å². The van der Waals surface area contributed by atoms with Gasteiger partial charge in [-0.05, 0) is 25.7 Å². The van der Waals surface area contributed by atoms with Crippen LogP contribution >= 0.6 is 0 Å². The molecule has 2 aliphatic heterocycles. The maximum Gasteiger partial charge on any atom is 0.0863 e. The number of unbranched alkanes of at least 4 members (excludes halogenated alkanes) is 2. The van der Waals surface area contributed by atoms with Crippen molar-refractivity contribution in [2.75, 3.05) is 13.2 Å². The molecule has 2 aliphatic rings. The molecule has 2 heterocycles. The molecular formula is C16H30O3. The second-order valence-electron chi connectivity index (χ2n) is 5.90. The fourth-order valence-corrected chi connectivity index (χ4v) is 2.69. The van der Waals surface area contributed by atoms with Gasteiger partial charge in [0, 0.05) is 13.2 Å². The summed E-state index contributed by atoms with van der Waals surface area (Å²) in [6.07, 6.45) is 11.8. The molecule has 0 aromatic heterocycles. The SMILES string of the molecule is CCCCC1OC1CCOCCC1OC1CCCC. The second kappa shape index (κ2) is 8.23. The predicted octanol–water partition coefficient (Wildman–Crippen LogP) is 3.70. The zero-order chi connectivity index (χ0) is 13.5. The molecule has 4 unspecified atom stereocenters. The lowest BCUT2D eigenvalue weighted by molar-refractivity contribution is 0.118. The molecule has 0 N–H and O–H groups in total. The van der Waals surface area contributed by atoms with Gasteiger partial charge in [0.15, 0.2) is 0 Å². The van der Waals surface area contributed by atoms with Gasteiger partial charge in [-0.2, -0.15) is 0 Å². The first-order valence-electron chi connectivity index (χ1n) is 8.23. The Morgan fingerprint density at radius 2 is 1.11 bits per heavy atom. The summed E-state index contributed by atoms with van der Waals surface area (Å²) in [6.45, 7) is 6.15. The Kier molecular flexibility index (Phi) is 6.62. The van der Waals surface area contributed by atoms with E-state index in [1.807, 2.05) is 0 Å². The normalized spacial score (nSPS) is 32.5. The van der Waals surface area contributed by atoms with Crippen LogP contribution in [0.25, 0.3) is 0 Å². The fraction of sp³-hybridized carbons (Fsp3) is 1.00. The topological polar surface area (TPSA) is 34.3 Å². The summed E-state index contributed by atoms with van der Waals surface area (Å²) >= 11 is 0. The summed E-state index contributed by atoms with van der Waals surface area (Å²) in [5, 5.41) is 0. The fourth-order valence-electron chi connectivity index (χ4n) is 2.69. The molecule has 3 nitrogen and oxygen atoms in total. The maximum atomic E-state index is 5.68. The number of hydrogen-bond donors (Lipinski definition) is 0. The average molecular weight is 270 g/mol. The molecule has 0 aliphatic carbocycles. The predicted molar refractivity (Wildman–Crippen MR) is 76.4 cm³/mol. The van der Waals surface area contributed by atoms with Crippen LogP contribution in [-0.4, -0.2) is 37.6 Å². The number of epoxide rings is 2. The summed E-state index contributed by atoms with van der Waals surface area (Å²) in [6, 6.07) is 0. The molecule has 2 rings (SSSR count). The lowest BCUT2D eigenvalue weighted by Gasteiger charge is -2.01. The maximum absolute atomic E-state index is 5.68. The van der Waals surface area contributed by atoms with Crippen molar-refractivity contribution in [3.05, 3.63) is 0 Å². The molecule has 0 aromatic carbocycles. The van der Waals surface area contributed by atoms with E-state index in [9.17, 15) is 0 Å². The Labute approximate surface area is 118 Å². The van der Waals surface area contributed by atoms with E-state index in [-0.39, 0.29) is 0 Å². The van der Waals surface area contributed by atoms with E-state index in [1.165, 1.54) is 38.5 Å². The third-order valence-corrected chi connectivity index (χ3v) is 4.15. The van der Waals surface area contributed by atoms with Crippen LogP contribution in [0.2, 0.25) is 0 Å². The summed E-state index contributed by atoms with van der Waals surface area (Å²) in [5.74, 6) is 0. The lowest BCUT2D eigenvalue weighted by Crippen LogP contribution is -2.05. The van der Waals surface area contributed by atoms with Gasteiger partial charge in [0.1, 0.15) is 0 Å². The van der Waals surface area contributed by atoms with Crippen LogP contribution in [0.1, 0.15) is 65.2 Å². The van der Waals surface area contributed by atoms with Gasteiger partial charge in [-0.1, -0.05) is 39.5 Å². The Morgan fingerprint density at radius 1 is 0.684 bits per heavy atom. The van der Waals surface area contributed by atoms with Crippen LogP contribution < -0.4 is 0 Å². The smallest absolute Gasteiger partial charge is 0.0863 e. The Morgan fingerprint density at radius 3 is 1.53 bits per heavy atom. The largest absolute Gasteiger partial charge is 0.381 e. The molecule has 0 saturated carbocycles. The lowest BCUT2D eigenvalue weighted by atomic mass is 10.1. The van der Waals surface area contributed by atoms with E-state index in [4.69, 9.17) is 14.2 Å². The van der Waals surface area contributed by atoms with Gasteiger partial charge in [-0.15, -0.1) is 0 Å². The molecule has 4 atom stereocenters. The van der Waals surface area contributed by atoms with E-state index in [2.05, 4.69) is 13.8 Å². The standard InChI is InChI=1S/C16H30O3/c1-3-5-7-13-15(18-13)9-11-17-12-10-16-14(19-16)8-6-4-2/h13-16H,3-12H2,1-2H3. The van der Waals surface area contributed by atoms with E-state index in [0.717, 1.165) is 26.1 Å². The minimum atomic E-state index is 0.487. The van der Waals surface area contributed by atoms with E-state index >= 15 is 0 Å². The summed E-state index contributed by atoms with van der Waals surface area (Å²) in [4.78, 5) is 0. The summed E-state index contributed by atoms with van der Waals surface area (Å²) in [5.41, 5.74) is 0. The first kappa shape index (κ1) is 15.3. The van der Waals surface area contributed by atoms with Crippen LogP contribution in [0.15, 0.2) is 0 Å². The van der Waals surface area contributed by atoms with Gasteiger partial charge in [-0.3, -0.25) is 0 Å². The van der Waals surface area contributed by atoms with Crippen LogP contribution in [-0.2, 0) is 14.2 Å². The molecule has 2 fully saturated rings. The monoisotopic (exact) mass is 270 g/mol. The van der Waals surface area contributed by atoms with Gasteiger partial charge in [0.2, 0.25) is 0 Å². The van der Waals surface area contributed by atoms with Crippen molar-refractivity contribution in [3.63, 3.8) is 0 Å². The minimum absolute atomic E-state index is 0.487. The first-order chi connectivity index (χ1) is 9.35. The highest BCUT2D eigenvalue weighted by Gasteiger charge is 2.38. The van der Waals surface area contributed by atoms with E-state index < -0.39 is 0 Å². The molecule has 112 valence electrons. The summed E-state index contributed by atoms with van der Waals surface area (Å²) < 4.78 is 16.9. The third-order valence-electron chi connectivity index (χ3n) is 4.15. The van der Waals surface area contributed by atoms with Gasteiger partial charge < -0.3 is 14.2 Å². The average Bonchev–Trinajstić information content (AvgIpc) is 3.31. The van der Waals surface area contributed by atoms with Crippen molar-refractivity contribution in [3.8, 4) is 0 Å². The molecule has 0 bridgehead atoms. The zero-order valence-electron chi connectivity index (χ0n) is 12.6. The number of hydrogen-bond acceptors (Lipinski definition) is 3. The Bertz CT molecular complexity index is 220. The van der Waals surface area contributed by atoms with Gasteiger partial charge in [-0.25, -0.2) is 0 Å². The Balaban J connectivity index is 1.34. The van der Waals surface area contributed by atoms with Gasteiger partial charge >= 0.3 is 0 Å². The number of ether oxygens (including phenoxy) is 3. The highest BCUT2D eigenvalue weighted by molar-refractivity contribution is 4.85. The quantitative estimate of drug-likeness (QED) is 0.400. The van der Waals surface area contributed by atoms with Crippen molar-refractivity contribution < 1.29 is 14.2 Å². The van der Waals surface area contributed by atoms with Gasteiger partial charge in [0.25, 0.3) is 0 Å². The van der Waals surface area contributed by atoms with Crippen LogP contribution in [0.5, 0.6) is 0 Å². The van der Waals surface area contributed by atoms with E-state index in [1.54, 1.807) is 0 Å². The van der Waals surface area contributed by atoms with Crippen molar-refractivity contribution in [1.82, 2.24) is 0 Å². The molecule has 2 saturated heterocycles.